The van der Waals surface area contributed by atoms with Crippen molar-refractivity contribution < 1.29 is 14.3 Å². The van der Waals surface area contributed by atoms with E-state index in [1.165, 1.54) is 16.9 Å². The number of hydrogen-bond donors (Lipinski definition) is 1. The second-order valence-electron chi connectivity index (χ2n) is 6.30. The number of aromatic nitrogens is 1. The summed E-state index contributed by atoms with van der Waals surface area (Å²) in [6, 6.07) is -0.189. The minimum Gasteiger partial charge on any atom is -0.482 e. The number of rotatable bonds is 2. The number of carbonyl (C=O) groups is 1. The number of nitrogens with zero attached hydrogens (tertiary/aromatic N) is 3. The minimum atomic E-state index is -0.189. The van der Waals surface area contributed by atoms with Crippen molar-refractivity contribution in [2.75, 3.05) is 20.3 Å². The van der Waals surface area contributed by atoms with Crippen LogP contribution >= 0.6 is 23.1 Å². The summed E-state index contributed by atoms with van der Waals surface area (Å²) >= 11 is 2.95. The van der Waals surface area contributed by atoms with Crippen LogP contribution in [0.1, 0.15) is 27.5 Å². The van der Waals surface area contributed by atoms with E-state index in [2.05, 4.69) is 20.3 Å². The first-order valence-corrected chi connectivity index (χ1v) is 10.2. The van der Waals surface area contributed by atoms with Gasteiger partial charge in [0.2, 0.25) is 5.90 Å². The topological polar surface area (TPSA) is 85.2 Å². The maximum absolute atomic E-state index is 12.4. The van der Waals surface area contributed by atoms with Crippen LogP contribution in [-0.4, -0.2) is 53.6 Å². The van der Waals surface area contributed by atoms with Gasteiger partial charge in [-0.1, -0.05) is 11.8 Å². The fourth-order valence-corrected chi connectivity index (χ4v) is 5.30. The quantitative estimate of drug-likeness (QED) is 0.835. The van der Waals surface area contributed by atoms with Crippen LogP contribution in [0.5, 0.6) is 0 Å². The highest BCUT2D eigenvalue weighted by Crippen LogP contribution is 2.40. The lowest BCUT2D eigenvalue weighted by molar-refractivity contribution is 0.0749. The summed E-state index contributed by atoms with van der Waals surface area (Å²) in [4.78, 5) is 26.3. The molecule has 7 nitrogen and oxygen atoms in total. The number of hydrogen-bond acceptors (Lipinski definition) is 8. The predicted octanol–water partition coefficient (Wildman–Crippen LogP) is 2.39. The summed E-state index contributed by atoms with van der Waals surface area (Å²) in [5.74, 6) is 0.865. The average molecular weight is 393 g/mol. The molecule has 1 amide bonds. The molecule has 0 radical (unpaired) electrons. The van der Waals surface area contributed by atoms with Crippen molar-refractivity contribution in [3.05, 3.63) is 27.9 Å². The van der Waals surface area contributed by atoms with Crippen molar-refractivity contribution in [2.45, 2.75) is 31.1 Å². The Morgan fingerprint density at radius 3 is 2.88 bits per heavy atom. The van der Waals surface area contributed by atoms with E-state index < -0.39 is 0 Å². The average Bonchev–Trinajstić information content (AvgIpc) is 3.27. The Hall–Kier alpha value is -1.71. The first kappa shape index (κ1) is 17.7. The Bertz CT molecular complexity index is 796. The standard InChI is InChI=1S/C17H20N4O3S2/c1-9-18-8-12(25-9)15(22)21-17-20-13-14(26-17)11(7-19-16(13)23-2)10-3-5-24-6-4-10/h7-8,10,13-14H,3-6H2,1-2H3,(H,20,21,22). The number of ether oxygens (including phenoxy) is 2. The third-order valence-electron chi connectivity index (χ3n) is 4.67. The monoisotopic (exact) mass is 392 g/mol. The van der Waals surface area contributed by atoms with Gasteiger partial charge in [-0.3, -0.25) is 4.79 Å². The normalized spacial score (nSPS) is 25.8. The van der Waals surface area contributed by atoms with Crippen molar-refractivity contribution in [1.29, 1.82) is 0 Å². The lowest BCUT2D eigenvalue weighted by Gasteiger charge is -2.31. The van der Waals surface area contributed by atoms with E-state index in [-0.39, 0.29) is 17.2 Å². The molecule has 1 aromatic rings. The van der Waals surface area contributed by atoms with Crippen LogP contribution in [0, 0.1) is 12.8 Å². The molecule has 2 atom stereocenters. The van der Waals surface area contributed by atoms with Gasteiger partial charge in [-0.05, 0) is 31.3 Å². The third kappa shape index (κ3) is 3.43. The van der Waals surface area contributed by atoms with Gasteiger partial charge in [-0.2, -0.15) is 0 Å². The largest absolute Gasteiger partial charge is 0.482 e. The van der Waals surface area contributed by atoms with E-state index in [1.54, 1.807) is 25.1 Å². The molecule has 26 heavy (non-hydrogen) atoms. The smallest absolute Gasteiger partial charge is 0.268 e. The van der Waals surface area contributed by atoms with E-state index in [0.29, 0.717) is 21.9 Å². The number of fused-ring (bicyclic) bond motifs is 1. The Labute approximate surface area is 160 Å². The molecule has 3 aliphatic heterocycles. The molecule has 1 aromatic heterocycles. The minimum absolute atomic E-state index is 0.115. The summed E-state index contributed by atoms with van der Waals surface area (Å²) in [6.45, 7) is 3.43. The van der Waals surface area contributed by atoms with Gasteiger partial charge in [-0.15, -0.1) is 11.3 Å². The summed E-state index contributed by atoms with van der Waals surface area (Å²) < 4.78 is 10.9. The SMILES string of the molecule is COC1=NC=C(C2CCOCC2)C2SC(NC(=O)c3cnc(C)s3)=NC12. The van der Waals surface area contributed by atoms with Gasteiger partial charge in [-0.25, -0.2) is 15.0 Å². The van der Waals surface area contributed by atoms with Crippen molar-refractivity contribution in [2.24, 2.45) is 15.9 Å². The number of carbonyl (C=O) groups excluding carboxylic acids is 1. The Kier molecular flexibility index (Phi) is 5.10. The second kappa shape index (κ2) is 7.50. The van der Waals surface area contributed by atoms with Crippen molar-refractivity contribution >= 4 is 40.1 Å². The van der Waals surface area contributed by atoms with E-state index >= 15 is 0 Å². The zero-order valence-corrected chi connectivity index (χ0v) is 16.2. The van der Waals surface area contributed by atoms with Crippen LogP contribution in [0.15, 0.2) is 28.0 Å². The van der Waals surface area contributed by atoms with E-state index in [4.69, 9.17) is 9.47 Å². The summed E-state index contributed by atoms with van der Waals surface area (Å²) in [5.41, 5.74) is 1.27. The zero-order valence-electron chi connectivity index (χ0n) is 14.6. The first-order chi connectivity index (χ1) is 12.7. The summed E-state index contributed by atoms with van der Waals surface area (Å²) in [7, 11) is 1.61. The van der Waals surface area contributed by atoms with Gasteiger partial charge in [0.25, 0.3) is 5.91 Å². The molecule has 3 aliphatic rings. The maximum Gasteiger partial charge on any atom is 0.268 e. The highest BCUT2D eigenvalue weighted by Gasteiger charge is 2.42. The zero-order chi connectivity index (χ0) is 18.1. The van der Waals surface area contributed by atoms with E-state index in [0.717, 1.165) is 31.1 Å². The Morgan fingerprint density at radius 2 is 2.19 bits per heavy atom. The van der Waals surface area contributed by atoms with Gasteiger partial charge in [0, 0.05) is 19.4 Å². The number of methoxy groups -OCH3 is 1. The van der Waals surface area contributed by atoms with Gasteiger partial charge >= 0.3 is 0 Å². The number of aliphatic imine (C=N–C) groups is 2. The number of thiazole rings is 1. The van der Waals surface area contributed by atoms with Gasteiger partial charge in [0.1, 0.15) is 10.9 Å². The molecule has 1 N–H and O–H groups in total. The molecule has 0 bridgehead atoms. The summed E-state index contributed by atoms with van der Waals surface area (Å²) in [5, 5.41) is 4.51. The van der Waals surface area contributed by atoms with E-state index in [1.807, 2.05) is 13.1 Å². The first-order valence-electron chi connectivity index (χ1n) is 8.53. The number of nitrogens with one attached hydrogen (secondary N) is 1. The van der Waals surface area contributed by atoms with Crippen molar-refractivity contribution in [3.63, 3.8) is 0 Å². The van der Waals surface area contributed by atoms with Crippen LogP contribution < -0.4 is 5.32 Å². The van der Waals surface area contributed by atoms with Crippen LogP contribution in [0.25, 0.3) is 0 Å². The molecule has 2 unspecified atom stereocenters. The number of amides is 1. The van der Waals surface area contributed by atoms with Crippen LogP contribution in [0.4, 0.5) is 0 Å². The molecule has 0 aliphatic carbocycles. The molecular formula is C17H20N4O3S2. The highest BCUT2D eigenvalue weighted by atomic mass is 32.2. The molecule has 9 heteroatoms. The Morgan fingerprint density at radius 1 is 1.38 bits per heavy atom. The van der Waals surface area contributed by atoms with Crippen molar-refractivity contribution in [1.82, 2.24) is 10.3 Å². The molecule has 4 heterocycles. The lowest BCUT2D eigenvalue weighted by Crippen LogP contribution is -2.36. The number of amidine groups is 1. The molecule has 1 fully saturated rings. The van der Waals surface area contributed by atoms with Gasteiger partial charge in [0.05, 0.1) is 23.6 Å². The molecule has 0 aromatic carbocycles. The maximum atomic E-state index is 12.4. The lowest BCUT2D eigenvalue weighted by atomic mass is 9.86. The highest BCUT2D eigenvalue weighted by molar-refractivity contribution is 8.14. The molecule has 0 saturated carbocycles. The van der Waals surface area contributed by atoms with Crippen LogP contribution in [0.3, 0.4) is 0 Å². The summed E-state index contributed by atoms with van der Waals surface area (Å²) in [6.07, 6.45) is 5.51. The third-order valence-corrected chi connectivity index (χ3v) is 6.80. The molecular weight excluding hydrogens is 372 g/mol. The molecule has 4 rings (SSSR count). The fourth-order valence-electron chi connectivity index (χ4n) is 3.36. The molecule has 138 valence electrons. The van der Waals surface area contributed by atoms with Crippen LogP contribution in [0.2, 0.25) is 0 Å². The predicted molar refractivity (Wildman–Crippen MR) is 103 cm³/mol. The van der Waals surface area contributed by atoms with Crippen molar-refractivity contribution in [3.8, 4) is 0 Å². The van der Waals surface area contributed by atoms with E-state index in [9.17, 15) is 4.79 Å². The molecule has 0 spiro atoms. The fraction of sp³-hybridized carbons (Fsp3) is 0.529. The molecule has 1 saturated heterocycles. The Balaban J connectivity index is 1.52. The van der Waals surface area contributed by atoms with Crippen LogP contribution in [-0.2, 0) is 9.47 Å². The van der Waals surface area contributed by atoms with Gasteiger partial charge in [0.15, 0.2) is 5.17 Å². The second-order valence-corrected chi connectivity index (χ2v) is 8.67. The number of aryl methyl sites for hydroxylation is 1. The van der Waals surface area contributed by atoms with Gasteiger partial charge < -0.3 is 14.8 Å². The number of thioether (sulfide) groups is 1.